The largest absolute Gasteiger partial charge is 0.496 e. The van der Waals surface area contributed by atoms with Crippen molar-refractivity contribution >= 4 is 28.7 Å². The first kappa shape index (κ1) is 20.6. The van der Waals surface area contributed by atoms with E-state index in [0.29, 0.717) is 11.7 Å². The predicted octanol–water partition coefficient (Wildman–Crippen LogP) is 3.41. The summed E-state index contributed by atoms with van der Waals surface area (Å²) < 4.78 is 10.4. The van der Waals surface area contributed by atoms with Gasteiger partial charge in [0.2, 0.25) is 0 Å². The highest BCUT2D eigenvalue weighted by molar-refractivity contribution is 6.00. The van der Waals surface area contributed by atoms with E-state index < -0.39 is 24.5 Å². The molecular formula is C22H26N2O5. The molecule has 1 saturated carbocycles. The molecule has 1 fully saturated rings. The maximum atomic E-state index is 12.4. The zero-order valence-electron chi connectivity index (χ0n) is 16.7. The van der Waals surface area contributed by atoms with Gasteiger partial charge in [-0.1, -0.05) is 44.0 Å². The maximum absolute atomic E-state index is 12.4. The van der Waals surface area contributed by atoms with E-state index in [4.69, 9.17) is 9.47 Å². The van der Waals surface area contributed by atoms with Crippen molar-refractivity contribution in [2.75, 3.05) is 13.7 Å². The van der Waals surface area contributed by atoms with E-state index in [1.165, 1.54) is 7.11 Å². The summed E-state index contributed by atoms with van der Waals surface area (Å²) in [4.78, 5) is 36.5. The number of hydrogen-bond acceptors (Lipinski definition) is 5. The predicted molar refractivity (Wildman–Crippen MR) is 109 cm³/mol. The number of amides is 3. The zero-order valence-corrected chi connectivity index (χ0v) is 16.7. The summed E-state index contributed by atoms with van der Waals surface area (Å²) in [6.07, 6.45) is 4.19. The van der Waals surface area contributed by atoms with E-state index in [2.05, 4.69) is 17.6 Å². The molecule has 0 radical (unpaired) electrons. The van der Waals surface area contributed by atoms with Crippen LogP contribution in [0.5, 0.6) is 5.75 Å². The summed E-state index contributed by atoms with van der Waals surface area (Å²) in [6, 6.07) is 10.4. The Hall–Kier alpha value is -3.09. The van der Waals surface area contributed by atoms with Gasteiger partial charge in [0, 0.05) is 6.04 Å². The molecule has 2 aromatic carbocycles. The van der Waals surface area contributed by atoms with Crippen molar-refractivity contribution in [2.24, 2.45) is 5.92 Å². The van der Waals surface area contributed by atoms with Crippen LogP contribution in [-0.2, 0) is 9.53 Å². The molecule has 1 aliphatic rings. The number of urea groups is 1. The molecule has 7 nitrogen and oxygen atoms in total. The van der Waals surface area contributed by atoms with Crippen molar-refractivity contribution in [2.45, 2.75) is 38.6 Å². The van der Waals surface area contributed by atoms with E-state index in [9.17, 15) is 14.4 Å². The number of methoxy groups -OCH3 is 1. The molecule has 7 heteroatoms. The topological polar surface area (TPSA) is 93.7 Å². The van der Waals surface area contributed by atoms with Gasteiger partial charge < -0.3 is 14.8 Å². The lowest BCUT2D eigenvalue weighted by Crippen LogP contribution is -2.48. The fourth-order valence-electron chi connectivity index (χ4n) is 3.65. The van der Waals surface area contributed by atoms with E-state index in [1.807, 2.05) is 24.3 Å². The fraction of sp³-hybridized carbons (Fsp3) is 0.409. The third-order valence-electron chi connectivity index (χ3n) is 5.30. The van der Waals surface area contributed by atoms with E-state index >= 15 is 0 Å². The molecule has 3 rings (SSSR count). The van der Waals surface area contributed by atoms with E-state index in [-0.39, 0.29) is 11.6 Å². The molecule has 0 spiro atoms. The molecule has 0 bridgehead atoms. The molecule has 2 N–H and O–H groups in total. The first-order chi connectivity index (χ1) is 14.0. The van der Waals surface area contributed by atoms with Crippen LogP contribution < -0.4 is 15.4 Å². The molecule has 2 atom stereocenters. The molecule has 0 unspecified atom stereocenters. The lowest BCUT2D eigenvalue weighted by molar-refractivity contribution is -0.123. The smallest absolute Gasteiger partial charge is 0.342 e. The van der Waals surface area contributed by atoms with Gasteiger partial charge in [-0.2, -0.15) is 0 Å². The molecule has 154 valence electrons. The highest BCUT2D eigenvalue weighted by Crippen LogP contribution is 2.26. The van der Waals surface area contributed by atoms with Gasteiger partial charge in [0.1, 0.15) is 11.3 Å². The summed E-state index contributed by atoms with van der Waals surface area (Å²) in [5, 5.41) is 6.82. The number of carbonyl (C=O) groups is 3. The normalized spacial score (nSPS) is 18.7. The summed E-state index contributed by atoms with van der Waals surface area (Å²) in [5.74, 6) is -0.635. The minimum Gasteiger partial charge on any atom is -0.496 e. The van der Waals surface area contributed by atoms with E-state index in [1.54, 1.807) is 12.1 Å². The average molecular weight is 398 g/mol. The number of hydrogen-bond donors (Lipinski definition) is 2. The molecule has 0 saturated heterocycles. The Morgan fingerprint density at radius 3 is 2.45 bits per heavy atom. The van der Waals surface area contributed by atoms with Crippen LogP contribution in [0.4, 0.5) is 4.79 Å². The van der Waals surface area contributed by atoms with Crippen LogP contribution in [-0.4, -0.2) is 37.7 Å². The summed E-state index contributed by atoms with van der Waals surface area (Å²) in [5.41, 5.74) is 0.222. The molecular weight excluding hydrogens is 372 g/mol. The third-order valence-corrected chi connectivity index (χ3v) is 5.30. The lowest BCUT2D eigenvalue weighted by Gasteiger charge is -2.29. The second-order valence-corrected chi connectivity index (χ2v) is 7.37. The Balaban J connectivity index is 1.55. The Kier molecular flexibility index (Phi) is 6.69. The first-order valence-electron chi connectivity index (χ1n) is 9.82. The molecule has 2 aromatic rings. The monoisotopic (exact) mass is 398 g/mol. The van der Waals surface area contributed by atoms with Crippen molar-refractivity contribution in [3.63, 3.8) is 0 Å². The van der Waals surface area contributed by atoms with Gasteiger partial charge in [-0.15, -0.1) is 0 Å². The Labute approximate surface area is 169 Å². The van der Waals surface area contributed by atoms with Gasteiger partial charge in [0.25, 0.3) is 5.91 Å². The van der Waals surface area contributed by atoms with Crippen molar-refractivity contribution in [3.05, 3.63) is 42.0 Å². The number of rotatable bonds is 5. The number of benzene rings is 2. The number of esters is 1. The number of ether oxygens (including phenoxy) is 2. The van der Waals surface area contributed by atoms with Crippen LogP contribution in [0.25, 0.3) is 10.8 Å². The van der Waals surface area contributed by atoms with Crippen LogP contribution in [0.3, 0.4) is 0 Å². The maximum Gasteiger partial charge on any atom is 0.342 e. The second-order valence-electron chi connectivity index (χ2n) is 7.37. The molecule has 0 aliphatic heterocycles. The highest BCUT2D eigenvalue weighted by atomic mass is 16.5. The molecule has 3 amide bonds. The molecule has 29 heavy (non-hydrogen) atoms. The summed E-state index contributed by atoms with van der Waals surface area (Å²) in [6.45, 7) is 1.53. The van der Waals surface area contributed by atoms with Crippen LogP contribution in [0.15, 0.2) is 36.4 Å². The number of imide groups is 1. The summed E-state index contributed by atoms with van der Waals surface area (Å²) >= 11 is 0. The Morgan fingerprint density at radius 2 is 1.76 bits per heavy atom. The van der Waals surface area contributed by atoms with Gasteiger partial charge in [-0.05, 0) is 41.7 Å². The first-order valence-corrected chi connectivity index (χ1v) is 9.82. The second kappa shape index (κ2) is 9.41. The number of carbonyl (C=O) groups excluding carboxylic acids is 3. The van der Waals surface area contributed by atoms with E-state index in [0.717, 1.165) is 36.5 Å². The highest BCUT2D eigenvalue weighted by Gasteiger charge is 2.24. The molecule has 0 heterocycles. The third kappa shape index (κ3) is 5.25. The SMILES string of the molecule is COc1cc2ccccc2cc1C(=O)OCC(=O)NC(=O)N[C@H]1CCCC[C@@H]1C. The van der Waals surface area contributed by atoms with Crippen molar-refractivity contribution in [1.82, 2.24) is 10.6 Å². The van der Waals surface area contributed by atoms with Crippen LogP contribution in [0.1, 0.15) is 43.0 Å². The number of fused-ring (bicyclic) bond motifs is 1. The van der Waals surface area contributed by atoms with Gasteiger partial charge in [0.15, 0.2) is 6.61 Å². The summed E-state index contributed by atoms with van der Waals surface area (Å²) in [7, 11) is 1.46. The Morgan fingerprint density at radius 1 is 1.07 bits per heavy atom. The van der Waals surface area contributed by atoms with Gasteiger partial charge >= 0.3 is 12.0 Å². The minimum atomic E-state index is -0.691. The number of nitrogens with one attached hydrogen (secondary N) is 2. The van der Waals surface area contributed by atoms with Gasteiger partial charge in [-0.3, -0.25) is 10.1 Å². The van der Waals surface area contributed by atoms with Crippen molar-refractivity contribution in [1.29, 1.82) is 0 Å². The minimum absolute atomic E-state index is 0.0564. The fourth-order valence-corrected chi connectivity index (χ4v) is 3.65. The van der Waals surface area contributed by atoms with Crippen molar-refractivity contribution < 1.29 is 23.9 Å². The molecule has 1 aliphatic carbocycles. The van der Waals surface area contributed by atoms with Crippen molar-refractivity contribution in [3.8, 4) is 5.75 Å². The lowest BCUT2D eigenvalue weighted by atomic mass is 9.86. The van der Waals surface area contributed by atoms with Crippen LogP contribution in [0.2, 0.25) is 0 Å². The zero-order chi connectivity index (χ0) is 20.8. The standard InChI is InChI=1S/C22H26N2O5/c1-14-7-3-6-10-18(14)23-22(27)24-20(25)13-29-21(26)17-11-15-8-4-5-9-16(15)12-19(17)28-2/h4-5,8-9,11-12,14,18H,3,6-7,10,13H2,1-2H3,(H2,23,24,25,27)/t14-,18-/m0/s1. The van der Waals surface area contributed by atoms with Gasteiger partial charge in [0.05, 0.1) is 7.11 Å². The van der Waals surface area contributed by atoms with Gasteiger partial charge in [-0.25, -0.2) is 9.59 Å². The van der Waals surface area contributed by atoms with Crippen LogP contribution >= 0.6 is 0 Å². The quantitative estimate of drug-likeness (QED) is 0.753. The average Bonchev–Trinajstić information content (AvgIpc) is 2.72. The Bertz CT molecular complexity index is 911. The molecule has 0 aromatic heterocycles. The van der Waals surface area contributed by atoms with Crippen LogP contribution in [0, 0.1) is 5.92 Å².